The van der Waals surface area contributed by atoms with Crippen LogP contribution >= 0.6 is 34.8 Å². The number of hydrogen-bond acceptors (Lipinski definition) is 14. The van der Waals surface area contributed by atoms with E-state index in [1.165, 1.54) is 45.0 Å². The SMILES string of the molecule is CC(=O)CCC(=O)OC[C@H]1O[C@H](OC(=N)C(Cl)(Cl)Cl)[C@H](OC(=O)c2ccccc2)[C@@H](OC(=O)CCC(C)=O)[C@H]1OC(=O)CCC(C)=O. The third-order valence-corrected chi connectivity index (χ3v) is 6.84. The fraction of sp³-hybridized carbons (Fsp3) is 0.533. The van der Waals surface area contributed by atoms with Crippen molar-refractivity contribution in [2.45, 2.75) is 93.8 Å². The number of Topliss-reactive ketones (excluding diaryl/α,β-unsaturated/α-hetero) is 3. The number of hydrogen-bond donors (Lipinski definition) is 1. The Bertz CT molecular complexity index is 1330. The summed E-state index contributed by atoms with van der Waals surface area (Å²) in [6.07, 6.45) is -10.5. The van der Waals surface area contributed by atoms with Gasteiger partial charge in [-0.1, -0.05) is 53.0 Å². The summed E-state index contributed by atoms with van der Waals surface area (Å²) in [6, 6.07) is 7.52. The summed E-state index contributed by atoms with van der Waals surface area (Å²) in [5.74, 6) is -5.77. The maximum absolute atomic E-state index is 13.2. The number of benzene rings is 1. The minimum Gasteiger partial charge on any atom is -0.463 e. The van der Waals surface area contributed by atoms with Gasteiger partial charge in [-0.2, -0.15) is 0 Å². The second-order valence-corrected chi connectivity index (χ2v) is 12.7. The lowest BCUT2D eigenvalue weighted by atomic mass is 9.97. The third kappa shape index (κ3) is 14.0. The molecule has 1 aromatic carbocycles. The summed E-state index contributed by atoms with van der Waals surface area (Å²) in [5.41, 5.74) is 0.0286. The first-order valence-corrected chi connectivity index (χ1v) is 15.4. The van der Waals surface area contributed by atoms with Crippen LogP contribution in [-0.2, 0) is 57.2 Å². The Balaban J connectivity index is 2.60. The van der Waals surface area contributed by atoms with E-state index in [0.29, 0.717) is 0 Å². The Kier molecular flexibility index (Phi) is 15.7. The zero-order valence-corrected chi connectivity index (χ0v) is 27.9. The average molecular weight is 723 g/mol. The third-order valence-electron chi connectivity index (χ3n) is 6.32. The van der Waals surface area contributed by atoms with Crippen LogP contribution in [0.4, 0.5) is 0 Å². The zero-order valence-electron chi connectivity index (χ0n) is 25.7. The summed E-state index contributed by atoms with van der Waals surface area (Å²) >= 11 is 17.4. The highest BCUT2D eigenvalue weighted by Gasteiger charge is 2.55. The predicted molar refractivity (Wildman–Crippen MR) is 164 cm³/mol. The van der Waals surface area contributed by atoms with E-state index in [4.69, 9.17) is 68.6 Å². The Morgan fingerprint density at radius 3 is 1.66 bits per heavy atom. The topological polar surface area (TPSA) is 199 Å². The van der Waals surface area contributed by atoms with E-state index in [9.17, 15) is 33.6 Å². The largest absolute Gasteiger partial charge is 0.463 e. The number of carbonyl (C=O) groups excluding carboxylic acids is 7. The van der Waals surface area contributed by atoms with Gasteiger partial charge in [-0.05, 0) is 32.9 Å². The van der Waals surface area contributed by atoms with Crippen molar-refractivity contribution in [3.05, 3.63) is 35.9 Å². The Labute approximate surface area is 285 Å². The van der Waals surface area contributed by atoms with Crippen LogP contribution in [-0.4, -0.2) is 88.2 Å². The van der Waals surface area contributed by atoms with Gasteiger partial charge in [0.25, 0.3) is 3.79 Å². The fourth-order valence-electron chi connectivity index (χ4n) is 3.96. The van der Waals surface area contributed by atoms with E-state index >= 15 is 0 Å². The van der Waals surface area contributed by atoms with E-state index in [0.717, 1.165) is 0 Å². The van der Waals surface area contributed by atoms with Gasteiger partial charge in [-0.15, -0.1) is 0 Å². The van der Waals surface area contributed by atoms with Crippen molar-refractivity contribution in [2.24, 2.45) is 0 Å². The number of ketones is 3. The number of rotatable bonds is 16. The highest BCUT2D eigenvalue weighted by atomic mass is 35.6. The Morgan fingerprint density at radius 1 is 0.681 bits per heavy atom. The number of alkyl halides is 3. The molecule has 1 aliphatic heterocycles. The van der Waals surface area contributed by atoms with Crippen molar-refractivity contribution in [1.29, 1.82) is 5.41 Å². The first-order valence-electron chi connectivity index (χ1n) is 14.2. The van der Waals surface area contributed by atoms with Crippen molar-refractivity contribution in [3.8, 4) is 0 Å². The van der Waals surface area contributed by atoms with Gasteiger partial charge >= 0.3 is 23.9 Å². The highest BCUT2D eigenvalue weighted by molar-refractivity contribution is 6.76. The van der Waals surface area contributed by atoms with Crippen LogP contribution in [0.2, 0.25) is 0 Å². The van der Waals surface area contributed by atoms with Gasteiger partial charge in [0.2, 0.25) is 18.3 Å². The van der Waals surface area contributed by atoms with Gasteiger partial charge in [-0.3, -0.25) is 19.8 Å². The lowest BCUT2D eigenvalue weighted by Gasteiger charge is -2.44. The van der Waals surface area contributed by atoms with E-state index < -0.39 is 83.7 Å². The first-order chi connectivity index (χ1) is 22.0. The van der Waals surface area contributed by atoms with Crippen molar-refractivity contribution in [3.63, 3.8) is 0 Å². The molecular weight excluding hydrogens is 689 g/mol. The van der Waals surface area contributed by atoms with E-state index in [-0.39, 0.29) is 48.6 Å². The Morgan fingerprint density at radius 2 is 1.17 bits per heavy atom. The first kappa shape index (κ1) is 39.6. The van der Waals surface area contributed by atoms with Gasteiger partial charge in [0.05, 0.1) is 24.8 Å². The lowest BCUT2D eigenvalue weighted by Crippen LogP contribution is -2.63. The molecule has 1 saturated heterocycles. The lowest BCUT2D eigenvalue weighted by molar-refractivity contribution is -0.288. The normalized spacial score (nSPS) is 20.7. The molecule has 0 amide bonds. The van der Waals surface area contributed by atoms with Crippen molar-refractivity contribution < 1.29 is 62.0 Å². The minimum absolute atomic E-state index is 0.0286. The van der Waals surface area contributed by atoms with E-state index in [2.05, 4.69) is 0 Å². The van der Waals surface area contributed by atoms with Gasteiger partial charge < -0.3 is 42.8 Å². The van der Waals surface area contributed by atoms with Crippen LogP contribution in [0, 0.1) is 5.41 Å². The molecule has 1 aromatic rings. The van der Waals surface area contributed by atoms with Crippen molar-refractivity contribution >= 4 is 81.9 Å². The molecule has 2 rings (SSSR count). The minimum atomic E-state index is -2.45. The summed E-state index contributed by atoms with van der Waals surface area (Å²) in [5, 5.41) is 8.10. The molecule has 0 saturated carbocycles. The quantitative estimate of drug-likeness (QED) is 0.0851. The molecule has 0 radical (unpaired) electrons. The molecule has 258 valence electrons. The maximum atomic E-state index is 13.2. The van der Waals surface area contributed by atoms with Crippen molar-refractivity contribution in [1.82, 2.24) is 0 Å². The molecule has 0 aliphatic carbocycles. The summed E-state index contributed by atoms with van der Waals surface area (Å²) in [4.78, 5) is 85.9. The molecular formula is C30H34Cl3NO13. The molecule has 0 unspecified atom stereocenters. The second-order valence-electron chi connectivity index (χ2n) is 10.4. The van der Waals surface area contributed by atoms with Gasteiger partial charge in [0.1, 0.15) is 30.1 Å². The standard InChI is InChI=1S/C30H34Cl3NO13/c1-16(35)9-12-21(38)42-15-20-24(44-22(39)13-10-17(2)36)25(45-23(40)14-11-18(3)37)26(28(43-20)47-29(34)30(31,32)33)46-27(41)19-7-5-4-6-8-19/h4-8,20,24-26,28,34H,9-15H2,1-3H3/t20-,24+,25+,26-,28-/m1/s1. The molecule has 1 fully saturated rings. The smallest absolute Gasteiger partial charge is 0.338 e. The molecule has 1 N–H and O–H groups in total. The molecule has 47 heavy (non-hydrogen) atoms. The monoisotopic (exact) mass is 721 g/mol. The fourth-order valence-corrected chi connectivity index (χ4v) is 4.09. The summed E-state index contributed by atoms with van der Waals surface area (Å²) in [6.45, 7) is 3.08. The molecule has 0 aromatic heterocycles. The van der Waals surface area contributed by atoms with Gasteiger partial charge in [0.15, 0.2) is 12.2 Å². The summed E-state index contributed by atoms with van der Waals surface area (Å²) in [7, 11) is 0. The number of carbonyl (C=O) groups is 7. The molecule has 14 nitrogen and oxygen atoms in total. The molecule has 17 heteroatoms. The van der Waals surface area contributed by atoms with E-state index in [1.54, 1.807) is 6.07 Å². The van der Waals surface area contributed by atoms with Crippen molar-refractivity contribution in [2.75, 3.05) is 6.61 Å². The second kappa shape index (κ2) is 18.7. The molecule has 0 bridgehead atoms. The van der Waals surface area contributed by atoms with Crippen LogP contribution < -0.4 is 0 Å². The molecule has 1 heterocycles. The number of esters is 4. The van der Waals surface area contributed by atoms with E-state index in [1.807, 2.05) is 0 Å². The van der Waals surface area contributed by atoms with Crippen LogP contribution in [0.3, 0.4) is 0 Å². The highest BCUT2D eigenvalue weighted by Crippen LogP contribution is 2.34. The van der Waals surface area contributed by atoms with Crippen LogP contribution in [0.15, 0.2) is 30.3 Å². The average Bonchev–Trinajstić information content (AvgIpc) is 2.99. The maximum Gasteiger partial charge on any atom is 0.338 e. The van der Waals surface area contributed by atoms with Gasteiger partial charge in [-0.25, -0.2) is 4.79 Å². The zero-order chi connectivity index (χ0) is 35.3. The van der Waals surface area contributed by atoms with Crippen LogP contribution in [0.5, 0.6) is 0 Å². The number of ether oxygens (including phenoxy) is 6. The number of nitrogens with one attached hydrogen (secondary N) is 1. The summed E-state index contributed by atoms with van der Waals surface area (Å²) < 4.78 is 30.9. The van der Waals surface area contributed by atoms with Crippen LogP contribution in [0.1, 0.15) is 69.7 Å². The number of halogens is 3. The molecule has 5 atom stereocenters. The predicted octanol–water partition coefficient (Wildman–Crippen LogP) is 3.78. The van der Waals surface area contributed by atoms with Crippen LogP contribution in [0.25, 0.3) is 0 Å². The Hall–Kier alpha value is -3.59. The van der Waals surface area contributed by atoms with Gasteiger partial charge in [0, 0.05) is 19.3 Å². The molecule has 0 spiro atoms. The molecule has 1 aliphatic rings.